The van der Waals surface area contributed by atoms with E-state index in [1.54, 1.807) is 0 Å². The van der Waals surface area contributed by atoms with Gasteiger partial charge in [-0.3, -0.25) is 4.79 Å². The van der Waals surface area contributed by atoms with Crippen LogP contribution in [0.3, 0.4) is 0 Å². The molecule has 4 bridgehead atoms. The van der Waals surface area contributed by atoms with E-state index in [1.165, 1.54) is 31.2 Å². The molecule has 6 rings (SSSR count). The second-order valence-corrected chi connectivity index (χ2v) is 10.9. The molecule has 5 aliphatic carbocycles. The van der Waals surface area contributed by atoms with Gasteiger partial charge >= 0.3 is 0 Å². The van der Waals surface area contributed by atoms with Crippen molar-refractivity contribution < 1.29 is 4.79 Å². The summed E-state index contributed by atoms with van der Waals surface area (Å²) < 4.78 is 0. The van der Waals surface area contributed by atoms with Gasteiger partial charge in [0.05, 0.1) is 5.41 Å². The van der Waals surface area contributed by atoms with Crippen LogP contribution in [0.4, 0.5) is 0 Å². The highest BCUT2D eigenvalue weighted by molar-refractivity contribution is 5.84. The van der Waals surface area contributed by atoms with Gasteiger partial charge in [0.1, 0.15) is 0 Å². The molecule has 0 spiro atoms. The van der Waals surface area contributed by atoms with Gasteiger partial charge in [-0.25, -0.2) is 0 Å². The maximum Gasteiger partial charge on any atom is 0.226 e. The number of hydrogen-bond donors (Lipinski definition) is 2. The predicted octanol–water partition coefficient (Wildman–Crippen LogP) is 4.69. The molecule has 4 atom stereocenters. The number of rotatable bonds is 4. The first-order valence-electron chi connectivity index (χ1n) is 11.6. The molecule has 0 saturated heterocycles. The number of benzene rings is 1. The summed E-state index contributed by atoms with van der Waals surface area (Å²) >= 11 is 0. The normalized spacial score (nSPS) is 44.4. The van der Waals surface area contributed by atoms with Gasteiger partial charge in [-0.1, -0.05) is 43.7 Å². The van der Waals surface area contributed by atoms with E-state index in [4.69, 9.17) is 5.73 Å². The molecular weight excluding hydrogens is 344 g/mol. The van der Waals surface area contributed by atoms with E-state index in [2.05, 4.69) is 42.6 Å². The molecule has 3 nitrogen and oxygen atoms in total. The van der Waals surface area contributed by atoms with E-state index < -0.39 is 0 Å². The van der Waals surface area contributed by atoms with Crippen LogP contribution in [-0.2, 0) is 10.2 Å². The number of nitrogens with one attached hydrogen (secondary N) is 1. The molecule has 1 aromatic carbocycles. The van der Waals surface area contributed by atoms with Crippen molar-refractivity contribution in [1.82, 2.24) is 5.32 Å². The fraction of sp³-hybridized carbons (Fsp3) is 0.720. The molecule has 0 radical (unpaired) electrons. The molecule has 0 aromatic heterocycles. The minimum Gasteiger partial charge on any atom is -0.353 e. The Morgan fingerprint density at radius 2 is 1.79 bits per heavy atom. The topological polar surface area (TPSA) is 55.1 Å². The molecule has 3 N–H and O–H groups in total. The molecular formula is C25H36N2O. The van der Waals surface area contributed by atoms with Crippen LogP contribution >= 0.6 is 0 Å². The van der Waals surface area contributed by atoms with Crippen LogP contribution in [0.2, 0.25) is 0 Å². The van der Waals surface area contributed by atoms with Crippen molar-refractivity contribution in [2.24, 2.45) is 22.5 Å². The summed E-state index contributed by atoms with van der Waals surface area (Å²) in [5, 5.41) is 3.51. The van der Waals surface area contributed by atoms with Gasteiger partial charge in [0.25, 0.3) is 0 Å². The number of nitrogens with two attached hydrogens (primary N) is 1. The average Bonchev–Trinajstić information content (AvgIpc) is 2.69. The van der Waals surface area contributed by atoms with E-state index >= 15 is 0 Å². The summed E-state index contributed by atoms with van der Waals surface area (Å²) in [6, 6.07) is 11.8. The number of amides is 1. The minimum absolute atomic E-state index is 0.148. The zero-order valence-electron chi connectivity index (χ0n) is 17.4. The van der Waals surface area contributed by atoms with Crippen molar-refractivity contribution in [1.29, 1.82) is 0 Å². The molecule has 0 heterocycles. The lowest BCUT2D eigenvalue weighted by Gasteiger charge is -2.66. The zero-order chi connectivity index (χ0) is 19.4. The highest BCUT2D eigenvalue weighted by Gasteiger charge is 2.65. The maximum absolute atomic E-state index is 13.7. The molecule has 152 valence electrons. The second kappa shape index (κ2) is 6.58. The van der Waals surface area contributed by atoms with Gasteiger partial charge in [-0.15, -0.1) is 0 Å². The Bertz CT molecular complexity index is 740. The lowest BCUT2D eigenvalue weighted by atomic mass is 9.38. The Kier molecular flexibility index (Phi) is 4.39. The number of hydrogen-bond acceptors (Lipinski definition) is 2. The fourth-order valence-corrected chi connectivity index (χ4v) is 8.00. The lowest BCUT2D eigenvalue weighted by Crippen LogP contribution is -2.63. The number of carbonyl (C=O) groups is 1. The van der Waals surface area contributed by atoms with E-state index in [0.717, 1.165) is 44.9 Å². The molecule has 3 heteroatoms. The third kappa shape index (κ3) is 2.93. The van der Waals surface area contributed by atoms with E-state index in [9.17, 15) is 4.79 Å². The van der Waals surface area contributed by atoms with Gasteiger partial charge in [-0.2, -0.15) is 0 Å². The van der Waals surface area contributed by atoms with Crippen molar-refractivity contribution in [2.45, 2.75) is 95.1 Å². The maximum atomic E-state index is 13.7. The monoisotopic (exact) mass is 380 g/mol. The summed E-state index contributed by atoms with van der Waals surface area (Å²) in [4.78, 5) is 13.7. The zero-order valence-corrected chi connectivity index (χ0v) is 17.4. The molecule has 5 saturated carbocycles. The highest BCUT2D eigenvalue weighted by Crippen LogP contribution is 2.71. The van der Waals surface area contributed by atoms with Crippen LogP contribution in [0.1, 0.15) is 83.1 Å². The Morgan fingerprint density at radius 1 is 1.04 bits per heavy atom. The molecule has 0 aliphatic heterocycles. The molecule has 5 aliphatic rings. The molecule has 1 unspecified atom stereocenters. The first-order valence-corrected chi connectivity index (χ1v) is 11.6. The lowest BCUT2D eigenvalue weighted by molar-refractivity contribution is -0.164. The standard InChI is InChI=1S/C25H36N2O/c1-2-23-12-18-13-24(15-23,19-6-4-3-5-7-19)17-25(14-18,16-23)22(28)27-21-10-8-20(26)9-11-21/h3-7,18,20-21H,2,8-17,26H2,1H3,(H,27,28)/t18-,20?,21?,23-,24-,25?/m1/s1. The summed E-state index contributed by atoms with van der Waals surface area (Å²) in [7, 11) is 0. The van der Waals surface area contributed by atoms with Gasteiger partial charge in [0.15, 0.2) is 0 Å². The fourth-order valence-electron chi connectivity index (χ4n) is 8.00. The van der Waals surface area contributed by atoms with Crippen LogP contribution in [-0.4, -0.2) is 18.0 Å². The van der Waals surface area contributed by atoms with Crippen LogP contribution < -0.4 is 11.1 Å². The summed E-state index contributed by atoms with van der Waals surface area (Å²) in [5.74, 6) is 1.08. The predicted molar refractivity (Wildman–Crippen MR) is 113 cm³/mol. The largest absolute Gasteiger partial charge is 0.353 e. The molecule has 28 heavy (non-hydrogen) atoms. The first-order chi connectivity index (χ1) is 13.5. The van der Waals surface area contributed by atoms with Crippen LogP contribution in [0.25, 0.3) is 0 Å². The molecule has 1 aromatic rings. The Morgan fingerprint density at radius 3 is 2.50 bits per heavy atom. The van der Waals surface area contributed by atoms with Gasteiger partial charge in [-0.05, 0) is 86.5 Å². The smallest absolute Gasteiger partial charge is 0.226 e. The van der Waals surface area contributed by atoms with Crippen molar-refractivity contribution in [3.05, 3.63) is 35.9 Å². The number of carbonyl (C=O) groups excluding carboxylic acids is 1. The quantitative estimate of drug-likeness (QED) is 0.796. The van der Waals surface area contributed by atoms with Crippen molar-refractivity contribution in [3.63, 3.8) is 0 Å². The SMILES string of the molecule is CC[C@]12C[C@H]3CC(C(=O)NC4CCC(N)CC4)(C1)C[C@@](c1ccccc1)(C3)C2. The Hall–Kier alpha value is -1.35. The second-order valence-electron chi connectivity index (χ2n) is 10.9. The third-order valence-corrected chi connectivity index (χ3v) is 8.91. The minimum atomic E-state index is -0.148. The summed E-state index contributed by atoms with van der Waals surface area (Å²) in [6.07, 6.45) is 12.6. The molecule has 5 fully saturated rings. The molecule has 1 amide bonds. The van der Waals surface area contributed by atoms with Crippen LogP contribution in [0.15, 0.2) is 30.3 Å². The Balaban J connectivity index is 1.45. The van der Waals surface area contributed by atoms with Crippen molar-refractivity contribution >= 4 is 5.91 Å². The van der Waals surface area contributed by atoms with Crippen molar-refractivity contribution in [2.75, 3.05) is 0 Å². The Labute approximate surface area is 169 Å². The summed E-state index contributed by atoms with van der Waals surface area (Å²) in [6.45, 7) is 2.36. The highest BCUT2D eigenvalue weighted by atomic mass is 16.2. The van der Waals surface area contributed by atoms with Gasteiger partial charge in [0.2, 0.25) is 5.91 Å². The van der Waals surface area contributed by atoms with E-state index in [0.29, 0.717) is 29.3 Å². The van der Waals surface area contributed by atoms with Crippen LogP contribution in [0, 0.1) is 16.7 Å². The third-order valence-electron chi connectivity index (χ3n) is 8.91. The van der Waals surface area contributed by atoms with Gasteiger partial charge in [0, 0.05) is 12.1 Å². The van der Waals surface area contributed by atoms with Crippen LogP contribution in [0.5, 0.6) is 0 Å². The summed E-state index contributed by atoms with van der Waals surface area (Å²) in [5.41, 5.74) is 7.99. The van der Waals surface area contributed by atoms with Gasteiger partial charge < -0.3 is 11.1 Å². The van der Waals surface area contributed by atoms with E-state index in [1.807, 2.05) is 0 Å². The van der Waals surface area contributed by atoms with Crippen molar-refractivity contribution in [3.8, 4) is 0 Å². The van der Waals surface area contributed by atoms with E-state index in [-0.39, 0.29) is 10.8 Å². The first kappa shape index (κ1) is 18.7. The average molecular weight is 381 g/mol.